The molecule has 2 rings (SSSR count). The van der Waals surface area contributed by atoms with E-state index in [1.54, 1.807) is 12.3 Å². The quantitative estimate of drug-likeness (QED) is 0.808. The molecule has 2 nitrogen and oxygen atoms in total. The number of rotatable bonds is 3. The van der Waals surface area contributed by atoms with Crippen molar-refractivity contribution in [2.24, 2.45) is 0 Å². The van der Waals surface area contributed by atoms with Gasteiger partial charge in [0.1, 0.15) is 5.69 Å². The molecule has 0 aliphatic heterocycles. The van der Waals surface area contributed by atoms with Crippen LogP contribution in [0.2, 0.25) is 0 Å². The van der Waals surface area contributed by atoms with Crippen molar-refractivity contribution in [3.8, 4) is 0 Å². The first-order valence-electron chi connectivity index (χ1n) is 5.46. The van der Waals surface area contributed by atoms with Crippen molar-refractivity contribution in [2.75, 3.05) is 0 Å². The van der Waals surface area contributed by atoms with Gasteiger partial charge < -0.3 is 0 Å². The monoisotopic (exact) mass is 289 g/mol. The predicted molar refractivity (Wildman–Crippen MR) is 71.2 cm³/mol. The van der Waals surface area contributed by atoms with Gasteiger partial charge in [-0.05, 0) is 46.1 Å². The molecule has 0 aliphatic carbocycles. The Kier molecular flexibility index (Phi) is 3.69. The maximum Gasteiger partial charge on any atom is 0.211 e. The summed E-state index contributed by atoms with van der Waals surface area (Å²) in [6, 6.07) is 11.2. The third-order valence-corrected chi connectivity index (χ3v) is 3.03. The molecule has 1 aromatic carbocycles. The molecule has 0 aliphatic rings. The zero-order valence-electron chi connectivity index (χ0n) is 9.48. The Labute approximate surface area is 109 Å². The average Bonchev–Trinajstić information content (AvgIpc) is 2.39. The summed E-state index contributed by atoms with van der Waals surface area (Å²) in [7, 11) is 0. The SMILES string of the molecule is CCc1cccc(C(=O)c2ccc(Br)cn2)c1. The highest BCUT2D eigenvalue weighted by atomic mass is 79.9. The number of aryl methyl sites for hydroxylation is 1. The fraction of sp³-hybridized carbons (Fsp3) is 0.143. The van der Waals surface area contributed by atoms with E-state index in [1.165, 1.54) is 0 Å². The zero-order chi connectivity index (χ0) is 12.3. The molecule has 0 bridgehead atoms. The molecule has 17 heavy (non-hydrogen) atoms. The van der Waals surface area contributed by atoms with Crippen LogP contribution in [0.5, 0.6) is 0 Å². The van der Waals surface area contributed by atoms with E-state index in [2.05, 4.69) is 27.8 Å². The summed E-state index contributed by atoms with van der Waals surface area (Å²) in [5.41, 5.74) is 2.33. The molecule has 0 radical (unpaired) electrons. The summed E-state index contributed by atoms with van der Waals surface area (Å²) >= 11 is 3.30. The molecule has 3 heteroatoms. The van der Waals surface area contributed by atoms with Gasteiger partial charge in [0.15, 0.2) is 0 Å². The van der Waals surface area contributed by atoms with E-state index in [-0.39, 0.29) is 5.78 Å². The van der Waals surface area contributed by atoms with Crippen LogP contribution < -0.4 is 0 Å². The van der Waals surface area contributed by atoms with E-state index in [4.69, 9.17) is 0 Å². The normalized spacial score (nSPS) is 10.2. The molecule has 0 saturated carbocycles. The first kappa shape index (κ1) is 12.0. The Hall–Kier alpha value is -1.48. The number of nitrogens with zero attached hydrogens (tertiary/aromatic N) is 1. The van der Waals surface area contributed by atoms with Gasteiger partial charge >= 0.3 is 0 Å². The summed E-state index contributed by atoms with van der Waals surface area (Å²) in [6.45, 7) is 2.07. The highest BCUT2D eigenvalue weighted by molar-refractivity contribution is 9.10. The maximum absolute atomic E-state index is 12.1. The zero-order valence-corrected chi connectivity index (χ0v) is 11.1. The molecule has 0 spiro atoms. The number of halogens is 1. The molecule has 2 aromatic rings. The fourth-order valence-electron chi connectivity index (χ4n) is 1.59. The van der Waals surface area contributed by atoms with Crippen molar-refractivity contribution < 1.29 is 4.79 Å². The molecule has 0 atom stereocenters. The minimum absolute atomic E-state index is 0.0344. The standard InChI is InChI=1S/C14H12BrNO/c1-2-10-4-3-5-11(8-10)14(17)13-7-6-12(15)9-16-13/h3-9H,2H2,1H3. The third-order valence-electron chi connectivity index (χ3n) is 2.56. The van der Waals surface area contributed by atoms with Gasteiger partial charge in [-0.15, -0.1) is 0 Å². The minimum atomic E-state index is -0.0344. The van der Waals surface area contributed by atoms with Crippen LogP contribution in [0.3, 0.4) is 0 Å². The molecule has 0 fully saturated rings. The van der Waals surface area contributed by atoms with Crippen LogP contribution in [0.1, 0.15) is 28.5 Å². The number of carbonyl (C=O) groups is 1. The smallest absolute Gasteiger partial charge is 0.211 e. The molecule has 0 N–H and O–H groups in total. The van der Waals surface area contributed by atoms with Crippen LogP contribution in [0.4, 0.5) is 0 Å². The Balaban J connectivity index is 2.33. The average molecular weight is 290 g/mol. The number of hydrogen-bond donors (Lipinski definition) is 0. The van der Waals surface area contributed by atoms with Gasteiger partial charge in [0.25, 0.3) is 0 Å². The van der Waals surface area contributed by atoms with Gasteiger partial charge in [0.2, 0.25) is 5.78 Å². The van der Waals surface area contributed by atoms with Crippen molar-refractivity contribution in [3.63, 3.8) is 0 Å². The molecule has 1 aromatic heterocycles. The number of benzene rings is 1. The van der Waals surface area contributed by atoms with Crippen LogP contribution in [-0.4, -0.2) is 10.8 Å². The number of pyridine rings is 1. The second-order valence-corrected chi connectivity index (χ2v) is 4.66. The number of hydrogen-bond acceptors (Lipinski definition) is 2. The fourth-order valence-corrected chi connectivity index (χ4v) is 1.83. The Morgan fingerprint density at radius 2 is 2.12 bits per heavy atom. The lowest BCUT2D eigenvalue weighted by Crippen LogP contribution is -2.04. The summed E-state index contributed by atoms with van der Waals surface area (Å²) in [4.78, 5) is 16.3. The molecule has 0 unspecified atom stereocenters. The second-order valence-electron chi connectivity index (χ2n) is 3.74. The first-order valence-corrected chi connectivity index (χ1v) is 6.25. The molecule has 86 valence electrons. The Morgan fingerprint density at radius 3 is 2.76 bits per heavy atom. The number of aromatic nitrogens is 1. The largest absolute Gasteiger partial charge is 0.287 e. The van der Waals surface area contributed by atoms with Gasteiger partial charge in [-0.2, -0.15) is 0 Å². The van der Waals surface area contributed by atoms with E-state index in [1.807, 2.05) is 30.3 Å². The van der Waals surface area contributed by atoms with Gasteiger partial charge in [0, 0.05) is 16.2 Å². The second kappa shape index (κ2) is 5.23. The lowest BCUT2D eigenvalue weighted by molar-refractivity contribution is 0.103. The van der Waals surface area contributed by atoms with Crippen LogP contribution in [0.15, 0.2) is 47.1 Å². The van der Waals surface area contributed by atoms with E-state index in [9.17, 15) is 4.79 Å². The van der Waals surface area contributed by atoms with Gasteiger partial charge in [0.05, 0.1) is 0 Å². The summed E-state index contributed by atoms with van der Waals surface area (Å²) < 4.78 is 0.872. The van der Waals surface area contributed by atoms with Crippen molar-refractivity contribution in [1.82, 2.24) is 4.98 Å². The maximum atomic E-state index is 12.1. The number of carbonyl (C=O) groups excluding carboxylic acids is 1. The van der Waals surface area contributed by atoms with E-state index in [0.29, 0.717) is 11.3 Å². The first-order chi connectivity index (χ1) is 8.20. The minimum Gasteiger partial charge on any atom is -0.287 e. The van der Waals surface area contributed by atoms with E-state index in [0.717, 1.165) is 16.5 Å². The van der Waals surface area contributed by atoms with E-state index >= 15 is 0 Å². The van der Waals surface area contributed by atoms with Crippen molar-refractivity contribution in [3.05, 3.63) is 63.9 Å². The highest BCUT2D eigenvalue weighted by Gasteiger charge is 2.10. The Morgan fingerprint density at radius 1 is 1.29 bits per heavy atom. The van der Waals surface area contributed by atoms with Crippen molar-refractivity contribution in [1.29, 1.82) is 0 Å². The van der Waals surface area contributed by atoms with Crippen LogP contribution >= 0.6 is 15.9 Å². The Bertz CT molecular complexity index is 534. The van der Waals surface area contributed by atoms with Crippen LogP contribution in [0.25, 0.3) is 0 Å². The predicted octanol–water partition coefficient (Wildman–Crippen LogP) is 3.64. The summed E-state index contributed by atoms with van der Waals surface area (Å²) in [6.07, 6.45) is 2.56. The van der Waals surface area contributed by atoms with Crippen molar-refractivity contribution in [2.45, 2.75) is 13.3 Å². The topological polar surface area (TPSA) is 30.0 Å². The van der Waals surface area contributed by atoms with E-state index < -0.39 is 0 Å². The molecule has 0 saturated heterocycles. The summed E-state index contributed by atoms with van der Waals surface area (Å²) in [5.74, 6) is -0.0344. The molecule has 0 amide bonds. The molecular formula is C14H12BrNO. The van der Waals surface area contributed by atoms with Gasteiger partial charge in [-0.25, -0.2) is 0 Å². The highest BCUT2D eigenvalue weighted by Crippen LogP contribution is 2.13. The van der Waals surface area contributed by atoms with Crippen molar-refractivity contribution >= 4 is 21.7 Å². The molecular weight excluding hydrogens is 278 g/mol. The third kappa shape index (κ3) is 2.80. The van der Waals surface area contributed by atoms with Gasteiger partial charge in [-0.3, -0.25) is 9.78 Å². The molecule has 1 heterocycles. The summed E-state index contributed by atoms with van der Waals surface area (Å²) in [5, 5.41) is 0. The van der Waals surface area contributed by atoms with Crippen LogP contribution in [-0.2, 0) is 6.42 Å². The lowest BCUT2D eigenvalue weighted by Gasteiger charge is -2.02. The van der Waals surface area contributed by atoms with Crippen LogP contribution in [0, 0.1) is 0 Å². The lowest BCUT2D eigenvalue weighted by atomic mass is 10.0. The number of ketones is 1. The van der Waals surface area contributed by atoms with Gasteiger partial charge in [-0.1, -0.05) is 25.1 Å².